The van der Waals surface area contributed by atoms with E-state index in [0.717, 1.165) is 19.3 Å². The maximum atomic E-state index is 10.1. The summed E-state index contributed by atoms with van der Waals surface area (Å²) >= 11 is 1.70. The summed E-state index contributed by atoms with van der Waals surface area (Å²) in [4.78, 5) is 0. The molecule has 0 aliphatic carbocycles. The van der Waals surface area contributed by atoms with E-state index in [1.54, 1.807) is 18.4 Å². The minimum absolute atomic E-state index is 0.424. The highest BCUT2D eigenvalue weighted by Gasteiger charge is 2.23. The van der Waals surface area contributed by atoms with Gasteiger partial charge in [-0.1, -0.05) is 6.92 Å². The molecule has 0 fully saturated rings. The van der Waals surface area contributed by atoms with Crippen molar-refractivity contribution in [3.8, 4) is 0 Å². The number of ether oxygens (including phenoxy) is 1. The molecule has 1 rings (SSSR count). The lowest BCUT2D eigenvalue weighted by Gasteiger charge is -2.25. The number of methoxy groups -OCH3 is 1. The Morgan fingerprint density at radius 3 is 2.86 bits per heavy atom. The molecule has 1 atom stereocenters. The zero-order valence-corrected chi connectivity index (χ0v) is 9.64. The van der Waals surface area contributed by atoms with Crippen LogP contribution in [0.1, 0.15) is 25.3 Å². The van der Waals surface area contributed by atoms with Gasteiger partial charge in [0.2, 0.25) is 0 Å². The van der Waals surface area contributed by atoms with Crippen LogP contribution < -0.4 is 0 Å². The molecule has 0 amide bonds. The van der Waals surface area contributed by atoms with Gasteiger partial charge in [0.1, 0.15) is 0 Å². The van der Waals surface area contributed by atoms with Crippen LogP contribution in [0.3, 0.4) is 0 Å². The predicted molar refractivity (Wildman–Crippen MR) is 59.8 cm³/mol. The second kappa shape index (κ2) is 5.49. The second-order valence-corrected chi connectivity index (χ2v) is 4.42. The van der Waals surface area contributed by atoms with E-state index in [-0.39, 0.29) is 0 Å². The van der Waals surface area contributed by atoms with E-state index in [9.17, 15) is 5.11 Å². The molecular weight excluding hydrogens is 196 g/mol. The van der Waals surface area contributed by atoms with Gasteiger partial charge in [-0.15, -0.1) is 0 Å². The normalized spacial score (nSPS) is 15.4. The molecule has 1 unspecified atom stereocenters. The number of aryl methyl sites for hydroxylation is 1. The lowest BCUT2D eigenvalue weighted by Crippen LogP contribution is -2.33. The Morgan fingerprint density at radius 1 is 1.57 bits per heavy atom. The third-order valence-corrected chi connectivity index (χ3v) is 3.26. The SMILES string of the molecule is CCC(O)(CCc1ccsc1)COC. The van der Waals surface area contributed by atoms with Crippen LogP contribution in [0.2, 0.25) is 0 Å². The lowest BCUT2D eigenvalue weighted by molar-refractivity contribution is -0.0394. The topological polar surface area (TPSA) is 29.5 Å². The van der Waals surface area contributed by atoms with Gasteiger partial charge in [0.05, 0.1) is 12.2 Å². The van der Waals surface area contributed by atoms with E-state index in [1.807, 2.05) is 6.92 Å². The van der Waals surface area contributed by atoms with Crippen LogP contribution in [0.15, 0.2) is 16.8 Å². The molecule has 0 spiro atoms. The van der Waals surface area contributed by atoms with E-state index < -0.39 is 5.60 Å². The summed E-state index contributed by atoms with van der Waals surface area (Å²) in [6.07, 6.45) is 2.44. The fourth-order valence-electron chi connectivity index (χ4n) is 1.43. The highest BCUT2D eigenvalue weighted by Crippen LogP contribution is 2.19. The molecule has 0 saturated heterocycles. The van der Waals surface area contributed by atoms with Crippen LogP contribution in [0.4, 0.5) is 0 Å². The van der Waals surface area contributed by atoms with Crippen molar-refractivity contribution in [2.45, 2.75) is 31.8 Å². The number of thiophene rings is 1. The quantitative estimate of drug-likeness (QED) is 0.788. The van der Waals surface area contributed by atoms with Gasteiger partial charge >= 0.3 is 0 Å². The molecular formula is C11H18O2S. The second-order valence-electron chi connectivity index (χ2n) is 3.64. The first kappa shape index (κ1) is 11.7. The lowest BCUT2D eigenvalue weighted by atomic mass is 9.94. The van der Waals surface area contributed by atoms with E-state index in [0.29, 0.717) is 6.61 Å². The molecule has 1 heterocycles. The Balaban J connectivity index is 2.41. The molecule has 0 radical (unpaired) electrons. The van der Waals surface area contributed by atoms with Crippen molar-refractivity contribution in [3.05, 3.63) is 22.4 Å². The molecule has 0 aliphatic heterocycles. The first-order valence-electron chi connectivity index (χ1n) is 4.92. The molecule has 1 aromatic rings. The van der Waals surface area contributed by atoms with Crippen molar-refractivity contribution in [3.63, 3.8) is 0 Å². The van der Waals surface area contributed by atoms with Gasteiger partial charge in [0.15, 0.2) is 0 Å². The highest BCUT2D eigenvalue weighted by molar-refractivity contribution is 7.07. The highest BCUT2D eigenvalue weighted by atomic mass is 32.1. The molecule has 14 heavy (non-hydrogen) atoms. The van der Waals surface area contributed by atoms with Crippen molar-refractivity contribution in [2.75, 3.05) is 13.7 Å². The van der Waals surface area contributed by atoms with Crippen LogP contribution >= 0.6 is 11.3 Å². The van der Waals surface area contributed by atoms with Gasteiger partial charge in [-0.25, -0.2) is 0 Å². The van der Waals surface area contributed by atoms with E-state index in [4.69, 9.17) is 4.74 Å². The third-order valence-electron chi connectivity index (χ3n) is 2.53. The molecule has 1 N–H and O–H groups in total. The number of rotatable bonds is 6. The Labute approximate surface area is 89.5 Å². The first-order chi connectivity index (χ1) is 6.70. The van der Waals surface area contributed by atoms with Gasteiger partial charge in [-0.05, 0) is 41.7 Å². The van der Waals surface area contributed by atoms with Gasteiger partial charge in [0.25, 0.3) is 0 Å². The molecule has 1 aromatic heterocycles. The van der Waals surface area contributed by atoms with Crippen molar-refractivity contribution in [1.82, 2.24) is 0 Å². The number of aliphatic hydroxyl groups is 1. The van der Waals surface area contributed by atoms with Crippen LogP contribution in [0, 0.1) is 0 Å². The summed E-state index contributed by atoms with van der Waals surface area (Å²) in [5.74, 6) is 0. The average Bonchev–Trinajstić information content (AvgIpc) is 2.68. The Hall–Kier alpha value is -0.380. The molecule has 0 bridgehead atoms. The van der Waals surface area contributed by atoms with Crippen molar-refractivity contribution in [1.29, 1.82) is 0 Å². The Bertz CT molecular complexity index is 246. The summed E-state index contributed by atoms with van der Waals surface area (Å²) in [5, 5.41) is 14.3. The predicted octanol–water partition coefficient (Wildman–Crippen LogP) is 2.47. The minimum Gasteiger partial charge on any atom is -0.387 e. The smallest absolute Gasteiger partial charge is 0.0880 e. The maximum Gasteiger partial charge on any atom is 0.0880 e. The molecule has 3 heteroatoms. The number of hydrogen-bond donors (Lipinski definition) is 1. The first-order valence-corrected chi connectivity index (χ1v) is 5.87. The summed E-state index contributed by atoms with van der Waals surface area (Å²) in [6, 6.07) is 2.10. The van der Waals surface area contributed by atoms with Crippen LogP contribution in [-0.4, -0.2) is 24.4 Å². The number of hydrogen-bond acceptors (Lipinski definition) is 3. The molecule has 2 nitrogen and oxygen atoms in total. The van der Waals surface area contributed by atoms with Crippen molar-refractivity contribution < 1.29 is 9.84 Å². The van der Waals surface area contributed by atoms with Crippen LogP contribution in [-0.2, 0) is 11.2 Å². The molecule has 0 aliphatic rings. The third kappa shape index (κ3) is 3.40. The zero-order chi connectivity index (χ0) is 10.4. The minimum atomic E-state index is -0.656. The van der Waals surface area contributed by atoms with E-state index in [1.165, 1.54) is 5.56 Å². The summed E-state index contributed by atoms with van der Waals surface area (Å²) < 4.78 is 5.02. The van der Waals surface area contributed by atoms with Gasteiger partial charge in [-0.3, -0.25) is 0 Å². The maximum absolute atomic E-state index is 10.1. The largest absolute Gasteiger partial charge is 0.387 e. The van der Waals surface area contributed by atoms with Crippen molar-refractivity contribution in [2.24, 2.45) is 0 Å². The Morgan fingerprint density at radius 2 is 2.36 bits per heavy atom. The fourth-order valence-corrected chi connectivity index (χ4v) is 2.13. The molecule has 80 valence electrons. The van der Waals surface area contributed by atoms with E-state index in [2.05, 4.69) is 16.8 Å². The van der Waals surface area contributed by atoms with E-state index >= 15 is 0 Å². The van der Waals surface area contributed by atoms with Crippen LogP contribution in [0.5, 0.6) is 0 Å². The molecule has 0 saturated carbocycles. The fraction of sp³-hybridized carbons (Fsp3) is 0.636. The van der Waals surface area contributed by atoms with Gasteiger partial charge in [0, 0.05) is 7.11 Å². The Kier molecular flexibility index (Phi) is 4.58. The summed E-state index contributed by atoms with van der Waals surface area (Å²) in [7, 11) is 1.63. The summed E-state index contributed by atoms with van der Waals surface area (Å²) in [5.41, 5.74) is 0.648. The average molecular weight is 214 g/mol. The summed E-state index contributed by atoms with van der Waals surface area (Å²) in [6.45, 7) is 2.42. The van der Waals surface area contributed by atoms with Gasteiger partial charge in [-0.2, -0.15) is 11.3 Å². The van der Waals surface area contributed by atoms with Crippen LogP contribution in [0.25, 0.3) is 0 Å². The zero-order valence-electron chi connectivity index (χ0n) is 8.82. The van der Waals surface area contributed by atoms with Gasteiger partial charge < -0.3 is 9.84 Å². The molecule has 0 aromatic carbocycles. The van der Waals surface area contributed by atoms with Crippen molar-refractivity contribution >= 4 is 11.3 Å². The standard InChI is InChI=1S/C11H18O2S/c1-3-11(12,9-13-2)6-4-10-5-7-14-8-10/h5,7-8,12H,3-4,6,9H2,1-2H3. The monoisotopic (exact) mass is 214 g/mol.